The molecule has 0 aliphatic carbocycles. The average molecular weight is 319 g/mol. The van der Waals surface area contributed by atoms with Crippen LogP contribution in [0.4, 0.5) is 11.6 Å². The molecule has 2 aromatic rings. The molecule has 0 saturated heterocycles. The zero-order valence-corrected chi connectivity index (χ0v) is 12.0. The molecule has 1 aromatic heterocycles. The smallest absolute Gasteiger partial charge is 0.311 e. The van der Waals surface area contributed by atoms with Crippen molar-refractivity contribution in [3.8, 4) is 11.5 Å². The number of phenols is 2. The Hall–Kier alpha value is -3.43. The van der Waals surface area contributed by atoms with Gasteiger partial charge in [0.1, 0.15) is 5.75 Å². The minimum Gasteiger partial charge on any atom is -0.507 e. The normalized spacial score (nSPS) is 10.8. The Labute approximate surface area is 129 Å². The van der Waals surface area contributed by atoms with Gasteiger partial charge in [0.15, 0.2) is 5.75 Å². The zero-order valence-electron chi connectivity index (χ0n) is 12.0. The van der Waals surface area contributed by atoms with Crippen LogP contribution in [0.3, 0.4) is 0 Å². The van der Waals surface area contributed by atoms with Crippen LogP contribution in [-0.4, -0.2) is 31.3 Å². The average Bonchev–Trinajstić information content (AvgIpc) is 2.48. The Morgan fingerprint density at radius 1 is 1.39 bits per heavy atom. The van der Waals surface area contributed by atoms with E-state index in [2.05, 4.69) is 20.5 Å². The van der Waals surface area contributed by atoms with Gasteiger partial charge in [0.05, 0.1) is 11.1 Å². The van der Waals surface area contributed by atoms with Gasteiger partial charge in [0.25, 0.3) is 5.56 Å². The van der Waals surface area contributed by atoms with Gasteiger partial charge in [-0.05, 0) is 6.42 Å². The predicted octanol–water partition coefficient (Wildman–Crippen LogP) is 1.10. The maximum Gasteiger partial charge on any atom is 0.311 e. The number of hydrogen-bond acceptors (Lipinski definition) is 8. The van der Waals surface area contributed by atoms with Gasteiger partial charge in [-0.3, -0.25) is 19.9 Å². The van der Waals surface area contributed by atoms with Gasteiger partial charge >= 0.3 is 5.69 Å². The van der Waals surface area contributed by atoms with Gasteiger partial charge in [-0.15, -0.1) is 0 Å². The molecule has 2 rings (SSSR count). The third-order valence-electron chi connectivity index (χ3n) is 2.85. The third-order valence-corrected chi connectivity index (χ3v) is 2.85. The van der Waals surface area contributed by atoms with E-state index < -0.39 is 16.4 Å². The van der Waals surface area contributed by atoms with E-state index in [0.29, 0.717) is 12.1 Å². The molecule has 0 atom stereocenters. The first-order chi connectivity index (χ1) is 10.9. The third kappa shape index (κ3) is 3.81. The molecule has 23 heavy (non-hydrogen) atoms. The molecule has 120 valence electrons. The molecule has 0 fully saturated rings. The van der Waals surface area contributed by atoms with Crippen LogP contribution in [-0.2, 0) is 6.42 Å². The summed E-state index contributed by atoms with van der Waals surface area (Å²) in [7, 11) is 0. The van der Waals surface area contributed by atoms with Gasteiger partial charge in [0.2, 0.25) is 5.95 Å². The number of aromatic hydroxyl groups is 2. The molecular formula is C13H13N5O5. The number of benzene rings is 1. The van der Waals surface area contributed by atoms with E-state index in [4.69, 9.17) is 0 Å². The van der Waals surface area contributed by atoms with Crippen LogP contribution < -0.4 is 11.0 Å². The maximum atomic E-state index is 11.4. The first-order valence-corrected chi connectivity index (χ1v) is 6.50. The first kappa shape index (κ1) is 15.9. The monoisotopic (exact) mass is 319 g/mol. The summed E-state index contributed by atoms with van der Waals surface area (Å²) in [5.74, 6) is -0.944. The predicted molar refractivity (Wildman–Crippen MR) is 81.9 cm³/mol. The number of aromatic nitrogens is 2. The van der Waals surface area contributed by atoms with E-state index in [0.717, 1.165) is 18.3 Å². The van der Waals surface area contributed by atoms with Crippen LogP contribution in [0.2, 0.25) is 0 Å². The van der Waals surface area contributed by atoms with E-state index in [-0.39, 0.29) is 22.8 Å². The molecule has 0 radical (unpaired) electrons. The van der Waals surface area contributed by atoms with Gasteiger partial charge in [-0.1, -0.05) is 6.92 Å². The number of hydrogen-bond donors (Lipinski definition) is 4. The number of nitro benzene ring substituents is 1. The molecule has 0 spiro atoms. The molecule has 0 unspecified atom stereocenters. The lowest BCUT2D eigenvalue weighted by Gasteiger charge is -2.03. The van der Waals surface area contributed by atoms with Gasteiger partial charge < -0.3 is 10.2 Å². The number of rotatable bonds is 5. The van der Waals surface area contributed by atoms with Crippen LogP contribution in [0, 0.1) is 10.1 Å². The highest BCUT2D eigenvalue weighted by atomic mass is 16.6. The van der Waals surface area contributed by atoms with Crippen molar-refractivity contribution in [2.75, 3.05) is 5.43 Å². The van der Waals surface area contributed by atoms with Crippen molar-refractivity contribution in [1.29, 1.82) is 0 Å². The van der Waals surface area contributed by atoms with Crippen molar-refractivity contribution >= 4 is 17.9 Å². The summed E-state index contributed by atoms with van der Waals surface area (Å²) in [5.41, 5.74) is 2.12. The van der Waals surface area contributed by atoms with E-state index >= 15 is 0 Å². The van der Waals surface area contributed by atoms with Gasteiger partial charge in [-0.25, -0.2) is 10.4 Å². The summed E-state index contributed by atoms with van der Waals surface area (Å²) in [6, 6.07) is 3.16. The molecule has 0 aliphatic heterocycles. The van der Waals surface area contributed by atoms with Crippen LogP contribution in [0.15, 0.2) is 28.1 Å². The summed E-state index contributed by atoms with van der Waals surface area (Å²) in [6.45, 7) is 1.84. The van der Waals surface area contributed by atoms with E-state index in [1.807, 2.05) is 6.92 Å². The van der Waals surface area contributed by atoms with Crippen molar-refractivity contribution in [2.45, 2.75) is 13.3 Å². The Morgan fingerprint density at radius 2 is 2.13 bits per heavy atom. The topological polar surface area (TPSA) is 154 Å². The lowest BCUT2D eigenvalue weighted by atomic mass is 10.2. The SMILES string of the molecule is CCc1cc(=O)[nH]c(N/N=C\c2cc([N+](=O)[O-])c(O)cc2O)n1. The lowest BCUT2D eigenvalue weighted by Crippen LogP contribution is -2.11. The number of nitro groups is 1. The van der Waals surface area contributed by atoms with Gasteiger partial charge in [0, 0.05) is 29.5 Å². The fraction of sp³-hybridized carbons (Fsp3) is 0.154. The Morgan fingerprint density at radius 3 is 2.78 bits per heavy atom. The summed E-state index contributed by atoms with van der Waals surface area (Å²) in [4.78, 5) is 27.8. The Kier molecular flexibility index (Phi) is 4.55. The van der Waals surface area contributed by atoms with Crippen molar-refractivity contribution in [1.82, 2.24) is 9.97 Å². The highest BCUT2D eigenvalue weighted by Gasteiger charge is 2.16. The standard InChI is InChI=1S/C13H13N5O5/c1-2-8-4-12(21)16-13(15-8)17-14-6-7-3-9(18(22)23)11(20)5-10(7)19/h3-6,19-20H,2H2,1H3,(H2,15,16,17,21)/b14-6-. The number of phenolic OH excluding ortho intramolecular Hbond substituents is 2. The second-order valence-corrected chi connectivity index (χ2v) is 4.47. The molecule has 0 saturated carbocycles. The number of anilines is 1. The molecule has 1 aromatic carbocycles. The van der Waals surface area contributed by atoms with Gasteiger partial charge in [-0.2, -0.15) is 5.10 Å². The Balaban J connectivity index is 2.24. The molecule has 4 N–H and O–H groups in total. The largest absolute Gasteiger partial charge is 0.507 e. The van der Waals surface area contributed by atoms with Crippen molar-refractivity contribution in [2.24, 2.45) is 5.10 Å². The molecule has 0 bridgehead atoms. The highest BCUT2D eigenvalue weighted by Crippen LogP contribution is 2.31. The molecule has 1 heterocycles. The summed E-state index contributed by atoms with van der Waals surface area (Å²) < 4.78 is 0. The fourth-order valence-electron chi connectivity index (χ4n) is 1.74. The van der Waals surface area contributed by atoms with Crippen LogP contribution in [0.25, 0.3) is 0 Å². The first-order valence-electron chi connectivity index (χ1n) is 6.50. The van der Waals surface area contributed by atoms with Crippen molar-refractivity contribution < 1.29 is 15.1 Å². The van der Waals surface area contributed by atoms with Crippen LogP contribution in [0.1, 0.15) is 18.2 Å². The number of aryl methyl sites for hydroxylation is 1. The minimum atomic E-state index is -0.788. The maximum absolute atomic E-state index is 11.4. The summed E-state index contributed by atoms with van der Waals surface area (Å²) in [5, 5.41) is 33.5. The number of H-pyrrole nitrogens is 1. The number of aromatic amines is 1. The quantitative estimate of drug-likeness (QED) is 0.365. The van der Waals surface area contributed by atoms with Crippen molar-refractivity contribution in [3.05, 3.63) is 49.9 Å². The molecule has 10 heteroatoms. The minimum absolute atomic E-state index is 0.0102. The van der Waals surface area contributed by atoms with Crippen LogP contribution >= 0.6 is 0 Å². The molecule has 0 aliphatic rings. The van der Waals surface area contributed by atoms with E-state index in [9.17, 15) is 25.1 Å². The second-order valence-electron chi connectivity index (χ2n) is 4.47. The molecular weight excluding hydrogens is 306 g/mol. The second kappa shape index (κ2) is 6.56. The van der Waals surface area contributed by atoms with Crippen molar-refractivity contribution in [3.63, 3.8) is 0 Å². The highest BCUT2D eigenvalue weighted by molar-refractivity contribution is 5.85. The fourth-order valence-corrected chi connectivity index (χ4v) is 1.74. The Bertz CT molecular complexity index is 830. The van der Waals surface area contributed by atoms with E-state index in [1.165, 1.54) is 6.07 Å². The van der Waals surface area contributed by atoms with E-state index in [1.54, 1.807) is 0 Å². The number of nitrogens with one attached hydrogen (secondary N) is 2. The molecule has 10 nitrogen and oxygen atoms in total. The summed E-state index contributed by atoms with van der Waals surface area (Å²) in [6.07, 6.45) is 1.66. The zero-order chi connectivity index (χ0) is 17.0. The van der Waals surface area contributed by atoms with Crippen LogP contribution in [0.5, 0.6) is 11.5 Å². The summed E-state index contributed by atoms with van der Waals surface area (Å²) >= 11 is 0. The number of nitrogens with zero attached hydrogens (tertiary/aromatic N) is 3. The lowest BCUT2D eigenvalue weighted by molar-refractivity contribution is -0.385. The molecule has 0 amide bonds. The number of hydrazone groups is 1.